The lowest BCUT2D eigenvalue weighted by atomic mass is 10.2. The number of carboxylic acids is 1. The van der Waals surface area contributed by atoms with Crippen molar-refractivity contribution >= 4 is 5.97 Å². The third kappa shape index (κ3) is 2.22. The number of carbonyl (C=O) groups is 1. The van der Waals surface area contributed by atoms with Gasteiger partial charge in [-0.15, -0.1) is 0 Å². The Kier molecular flexibility index (Phi) is 2.99. The van der Waals surface area contributed by atoms with Gasteiger partial charge in [0.2, 0.25) is 0 Å². The van der Waals surface area contributed by atoms with Crippen molar-refractivity contribution in [2.75, 3.05) is 0 Å². The second-order valence-electron chi connectivity index (χ2n) is 4.05. The summed E-state index contributed by atoms with van der Waals surface area (Å²) < 4.78 is 3.70. The fraction of sp³-hybridized carbons (Fsp3) is 0.333. The zero-order valence-corrected chi connectivity index (χ0v) is 9.92. The standard InChI is InChI=1S/C12H15N3O2/c1-9-3-6-15(11(9)12(16)17)7-4-10-13-5-8-14(10)2/h3,5-6,8H,4,7H2,1-2H3,(H,16,17). The number of aromatic nitrogens is 3. The molecule has 0 aliphatic rings. The quantitative estimate of drug-likeness (QED) is 0.870. The van der Waals surface area contributed by atoms with Gasteiger partial charge < -0.3 is 14.2 Å². The van der Waals surface area contributed by atoms with Crippen molar-refractivity contribution in [2.24, 2.45) is 7.05 Å². The van der Waals surface area contributed by atoms with Crippen LogP contribution in [0.25, 0.3) is 0 Å². The topological polar surface area (TPSA) is 60.0 Å². The van der Waals surface area contributed by atoms with E-state index in [0.29, 0.717) is 12.2 Å². The van der Waals surface area contributed by atoms with Crippen molar-refractivity contribution < 1.29 is 9.90 Å². The number of nitrogens with zero attached hydrogens (tertiary/aromatic N) is 3. The van der Waals surface area contributed by atoms with Crippen LogP contribution in [0.5, 0.6) is 0 Å². The molecule has 2 rings (SSSR count). The molecule has 2 aromatic heterocycles. The number of carboxylic acid groups (broad SMARTS) is 1. The van der Waals surface area contributed by atoms with Crippen molar-refractivity contribution in [1.82, 2.24) is 14.1 Å². The second kappa shape index (κ2) is 4.45. The fourth-order valence-corrected chi connectivity index (χ4v) is 1.92. The van der Waals surface area contributed by atoms with Gasteiger partial charge in [0.05, 0.1) is 0 Å². The first-order chi connectivity index (χ1) is 8.09. The van der Waals surface area contributed by atoms with Gasteiger partial charge in [0.25, 0.3) is 0 Å². The van der Waals surface area contributed by atoms with E-state index in [1.54, 1.807) is 17.7 Å². The van der Waals surface area contributed by atoms with E-state index in [1.807, 2.05) is 30.1 Å². The molecule has 5 nitrogen and oxygen atoms in total. The SMILES string of the molecule is Cc1ccn(CCc2nccn2C)c1C(=O)O. The first-order valence-corrected chi connectivity index (χ1v) is 5.45. The van der Waals surface area contributed by atoms with Crippen LogP contribution in [0.4, 0.5) is 0 Å². The number of aromatic carboxylic acids is 1. The first kappa shape index (κ1) is 11.4. The van der Waals surface area contributed by atoms with Crippen LogP contribution in [0.3, 0.4) is 0 Å². The summed E-state index contributed by atoms with van der Waals surface area (Å²) in [7, 11) is 1.93. The minimum Gasteiger partial charge on any atom is -0.477 e. The van der Waals surface area contributed by atoms with E-state index in [2.05, 4.69) is 4.98 Å². The van der Waals surface area contributed by atoms with Crippen LogP contribution in [-0.2, 0) is 20.0 Å². The monoisotopic (exact) mass is 233 g/mol. The van der Waals surface area contributed by atoms with Gasteiger partial charge in [0.15, 0.2) is 0 Å². The molecule has 2 heterocycles. The minimum absolute atomic E-state index is 0.360. The summed E-state index contributed by atoms with van der Waals surface area (Å²) in [4.78, 5) is 15.3. The van der Waals surface area contributed by atoms with Gasteiger partial charge in [0, 0.05) is 38.6 Å². The average molecular weight is 233 g/mol. The van der Waals surface area contributed by atoms with Gasteiger partial charge in [-0.2, -0.15) is 0 Å². The average Bonchev–Trinajstić information content (AvgIpc) is 2.82. The summed E-state index contributed by atoms with van der Waals surface area (Å²) in [5.41, 5.74) is 1.15. The van der Waals surface area contributed by atoms with E-state index in [4.69, 9.17) is 5.11 Å². The molecule has 0 saturated heterocycles. The van der Waals surface area contributed by atoms with Crippen LogP contribution in [0.2, 0.25) is 0 Å². The fourth-order valence-electron chi connectivity index (χ4n) is 1.92. The van der Waals surface area contributed by atoms with Crippen molar-refractivity contribution in [3.63, 3.8) is 0 Å². The van der Waals surface area contributed by atoms with Crippen LogP contribution in [0, 0.1) is 6.92 Å². The highest BCUT2D eigenvalue weighted by Crippen LogP contribution is 2.11. The Morgan fingerprint density at radius 3 is 2.82 bits per heavy atom. The predicted molar refractivity (Wildman–Crippen MR) is 63.0 cm³/mol. The lowest BCUT2D eigenvalue weighted by Crippen LogP contribution is -2.12. The molecule has 0 aromatic carbocycles. The molecular weight excluding hydrogens is 218 g/mol. The summed E-state index contributed by atoms with van der Waals surface area (Å²) in [5, 5.41) is 9.11. The molecule has 0 amide bonds. The number of hydrogen-bond acceptors (Lipinski definition) is 2. The molecule has 5 heteroatoms. The Morgan fingerprint density at radius 2 is 2.24 bits per heavy atom. The number of imidazole rings is 1. The van der Waals surface area contributed by atoms with Crippen molar-refractivity contribution in [3.8, 4) is 0 Å². The van der Waals surface area contributed by atoms with Gasteiger partial charge in [-0.25, -0.2) is 9.78 Å². The molecule has 0 unspecified atom stereocenters. The Morgan fingerprint density at radius 1 is 1.47 bits per heavy atom. The zero-order chi connectivity index (χ0) is 12.4. The van der Waals surface area contributed by atoms with Gasteiger partial charge in [-0.3, -0.25) is 0 Å². The van der Waals surface area contributed by atoms with Crippen molar-refractivity contribution in [2.45, 2.75) is 19.9 Å². The maximum Gasteiger partial charge on any atom is 0.352 e. The normalized spacial score (nSPS) is 10.7. The van der Waals surface area contributed by atoms with E-state index in [0.717, 1.165) is 17.8 Å². The second-order valence-corrected chi connectivity index (χ2v) is 4.05. The number of hydrogen-bond donors (Lipinski definition) is 1. The maximum atomic E-state index is 11.1. The molecule has 2 aromatic rings. The Balaban J connectivity index is 2.15. The summed E-state index contributed by atoms with van der Waals surface area (Å²) in [6, 6.07) is 1.82. The van der Waals surface area contributed by atoms with E-state index >= 15 is 0 Å². The van der Waals surface area contributed by atoms with E-state index < -0.39 is 5.97 Å². The van der Waals surface area contributed by atoms with Gasteiger partial charge >= 0.3 is 5.97 Å². The third-order valence-electron chi connectivity index (χ3n) is 2.87. The van der Waals surface area contributed by atoms with Crippen LogP contribution in [0.1, 0.15) is 21.9 Å². The van der Waals surface area contributed by atoms with Crippen LogP contribution >= 0.6 is 0 Å². The maximum absolute atomic E-state index is 11.1. The van der Waals surface area contributed by atoms with E-state index in [1.165, 1.54) is 0 Å². The Labute approximate surface area is 99.3 Å². The van der Waals surface area contributed by atoms with Gasteiger partial charge in [-0.05, 0) is 18.6 Å². The van der Waals surface area contributed by atoms with Crippen LogP contribution in [-0.4, -0.2) is 25.2 Å². The molecule has 0 aliphatic heterocycles. The molecule has 90 valence electrons. The van der Waals surface area contributed by atoms with Crippen molar-refractivity contribution in [3.05, 3.63) is 41.7 Å². The molecule has 1 N–H and O–H groups in total. The molecule has 0 atom stereocenters. The zero-order valence-electron chi connectivity index (χ0n) is 9.92. The summed E-state index contributed by atoms with van der Waals surface area (Å²) in [5.74, 6) is 0.0695. The lowest BCUT2D eigenvalue weighted by molar-refractivity contribution is 0.0684. The highest BCUT2D eigenvalue weighted by Gasteiger charge is 2.13. The largest absolute Gasteiger partial charge is 0.477 e. The molecule has 0 bridgehead atoms. The molecule has 0 fully saturated rings. The number of rotatable bonds is 4. The lowest BCUT2D eigenvalue weighted by Gasteiger charge is -2.07. The number of aryl methyl sites for hydroxylation is 4. The predicted octanol–water partition coefficient (Wildman–Crippen LogP) is 1.47. The summed E-state index contributed by atoms with van der Waals surface area (Å²) >= 11 is 0. The van der Waals surface area contributed by atoms with E-state index in [-0.39, 0.29) is 0 Å². The van der Waals surface area contributed by atoms with Gasteiger partial charge in [-0.1, -0.05) is 0 Å². The first-order valence-electron chi connectivity index (χ1n) is 5.45. The van der Waals surface area contributed by atoms with E-state index in [9.17, 15) is 4.79 Å². The molecule has 0 saturated carbocycles. The summed E-state index contributed by atoms with van der Waals surface area (Å²) in [6.07, 6.45) is 6.16. The molecule has 0 aliphatic carbocycles. The Bertz CT molecular complexity index is 540. The van der Waals surface area contributed by atoms with Crippen molar-refractivity contribution in [1.29, 1.82) is 0 Å². The minimum atomic E-state index is -0.882. The Hall–Kier alpha value is -2.04. The van der Waals surface area contributed by atoms with Gasteiger partial charge in [0.1, 0.15) is 11.5 Å². The smallest absolute Gasteiger partial charge is 0.352 e. The molecule has 17 heavy (non-hydrogen) atoms. The third-order valence-corrected chi connectivity index (χ3v) is 2.87. The van der Waals surface area contributed by atoms with Crippen LogP contribution < -0.4 is 0 Å². The summed E-state index contributed by atoms with van der Waals surface area (Å²) in [6.45, 7) is 2.43. The molecule has 0 spiro atoms. The van der Waals surface area contributed by atoms with Crippen LogP contribution in [0.15, 0.2) is 24.7 Å². The molecular formula is C12H15N3O2. The highest BCUT2D eigenvalue weighted by molar-refractivity contribution is 5.87. The highest BCUT2D eigenvalue weighted by atomic mass is 16.4. The molecule has 0 radical (unpaired) electrons.